The molecule has 0 aromatic carbocycles. The number of nitrogens with zero attached hydrogens (tertiary/aromatic N) is 2. The highest BCUT2D eigenvalue weighted by molar-refractivity contribution is 4.99. The van der Waals surface area contributed by atoms with Gasteiger partial charge in [0.1, 0.15) is 0 Å². The molecule has 2 aliphatic carbocycles. The predicted octanol–water partition coefficient (Wildman–Crippen LogP) is 4.11. The Bertz CT molecular complexity index is 327. The van der Waals surface area contributed by atoms with Gasteiger partial charge in [-0.15, -0.1) is 0 Å². The SMILES string of the molecule is N#CC1CCCCCC1N1CCCC1C1CCCC1. The number of nitriles is 1. The summed E-state index contributed by atoms with van der Waals surface area (Å²) in [6.07, 6.45) is 15.0. The van der Waals surface area contributed by atoms with Crippen LogP contribution in [0.5, 0.6) is 0 Å². The van der Waals surface area contributed by atoms with E-state index >= 15 is 0 Å². The van der Waals surface area contributed by atoms with E-state index in [0.717, 1.165) is 18.4 Å². The van der Waals surface area contributed by atoms with E-state index in [1.165, 1.54) is 70.8 Å². The Morgan fingerprint density at radius 3 is 2.21 bits per heavy atom. The summed E-state index contributed by atoms with van der Waals surface area (Å²) in [4.78, 5) is 2.79. The largest absolute Gasteiger partial charge is 0.296 e. The molecular weight excluding hydrogens is 232 g/mol. The third-order valence-electron chi connectivity index (χ3n) is 5.86. The van der Waals surface area contributed by atoms with Crippen molar-refractivity contribution in [1.29, 1.82) is 5.26 Å². The molecule has 3 unspecified atom stereocenters. The summed E-state index contributed by atoms with van der Waals surface area (Å²) >= 11 is 0. The number of hydrogen-bond acceptors (Lipinski definition) is 2. The molecule has 1 heterocycles. The van der Waals surface area contributed by atoms with E-state index in [2.05, 4.69) is 11.0 Å². The van der Waals surface area contributed by atoms with Crippen molar-refractivity contribution in [1.82, 2.24) is 4.90 Å². The van der Waals surface area contributed by atoms with Crippen LogP contribution < -0.4 is 0 Å². The molecule has 3 rings (SSSR count). The molecular formula is C17H28N2. The van der Waals surface area contributed by atoms with Gasteiger partial charge in [-0.2, -0.15) is 5.26 Å². The number of likely N-dealkylation sites (tertiary alicyclic amines) is 1. The summed E-state index contributed by atoms with van der Waals surface area (Å²) in [5.41, 5.74) is 0. The molecule has 0 spiro atoms. The van der Waals surface area contributed by atoms with Crippen molar-refractivity contribution in [3.05, 3.63) is 0 Å². The van der Waals surface area contributed by atoms with Crippen LogP contribution in [-0.4, -0.2) is 23.5 Å². The highest BCUT2D eigenvalue weighted by atomic mass is 15.2. The van der Waals surface area contributed by atoms with Crippen LogP contribution in [-0.2, 0) is 0 Å². The summed E-state index contributed by atoms with van der Waals surface area (Å²) in [7, 11) is 0. The highest BCUT2D eigenvalue weighted by Crippen LogP contribution is 2.39. The summed E-state index contributed by atoms with van der Waals surface area (Å²) in [6, 6.07) is 4.05. The molecule has 106 valence electrons. The molecule has 0 aromatic rings. The fraction of sp³-hybridized carbons (Fsp3) is 0.941. The number of rotatable bonds is 2. The maximum atomic E-state index is 9.52. The van der Waals surface area contributed by atoms with E-state index < -0.39 is 0 Å². The van der Waals surface area contributed by atoms with Gasteiger partial charge in [0.15, 0.2) is 0 Å². The van der Waals surface area contributed by atoms with Gasteiger partial charge in [0.05, 0.1) is 12.0 Å². The fourth-order valence-electron chi connectivity index (χ4n) is 4.91. The van der Waals surface area contributed by atoms with Gasteiger partial charge in [0.25, 0.3) is 0 Å². The van der Waals surface area contributed by atoms with Crippen molar-refractivity contribution in [3.8, 4) is 6.07 Å². The first-order valence-electron chi connectivity index (χ1n) is 8.55. The number of hydrogen-bond donors (Lipinski definition) is 0. The van der Waals surface area contributed by atoms with E-state index in [0.29, 0.717) is 12.0 Å². The molecule has 0 amide bonds. The maximum Gasteiger partial charge on any atom is 0.0672 e. The lowest BCUT2D eigenvalue weighted by atomic mass is 9.90. The first kappa shape index (κ1) is 13.4. The minimum atomic E-state index is 0.310. The first-order valence-corrected chi connectivity index (χ1v) is 8.55. The summed E-state index contributed by atoms with van der Waals surface area (Å²) in [5.74, 6) is 1.26. The minimum absolute atomic E-state index is 0.310. The van der Waals surface area contributed by atoms with Crippen LogP contribution in [0.4, 0.5) is 0 Å². The zero-order chi connectivity index (χ0) is 13.1. The topological polar surface area (TPSA) is 27.0 Å². The van der Waals surface area contributed by atoms with Gasteiger partial charge in [-0.25, -0.2) is 0 Å². The van der Waals surface area contributed by atoms with Crippen LogP contribution in [0.3, 0.4) is 0 Å². The second-order valence-electron chi connectivity index (χ2n) is 6.93. The fourth-order valence-corrected chi connectivity index (χ4v) is 4.91. The first-order chi connectivity index (χ1) is 9.40. The Labute approximate surface area is 118 Å². The zero-order valence-corrected chi connectivity index (χ0v) is 12.2. The zero-order valence-electron chi connectivity index (χ0n) is 12.2. The molecule has 3 aliphatic rings. The Morgan fingerprint density at radius 1 is 0.737 bits per heavy atom. The smallest absolute Gasteiger partial charge is 0.0672 e. The van der Waals surface area contributed by atoms with Gasteiger partial charge in [-0.3, -0.25) is 4.90 Å². The highest BCUT2D eigenvalue weighted by Gasteiger charge is 2.39. The maximum absolute atomic E-state index is 9.52. The van der Waals surface area contributed by atoms with E-state index in [1.807, 2.05) is 0 Å². The van der Waals surface area contributed by atoms with Crippen molar-refractivity contribution in [2.75, 3.05) is 6.54 Å². The Morgan fingerprint density at radius 2 is 1.42 bits per heavy atom. The normalized spacial score (nSPS) is 38.2. The monoisotopic (exact) mass is 260 g/mol. The molecule has 1 aliphatic heterocycles. The van der Waals surface area contributed by atoms with Gasteiger partial charge < -0.3 is 0 Å². The third-order valence-corrected chi connectivity index (χ3v) is 5.86. The van der Waals surface area contributed by atoms with Gasteiger partial charge >= 0.3 is 0 Å². The molecule has 3 atom stereocenters. The van der Waals surface area contributed by atoms with E-state index in [-0.39, 0.29) is 0 Å². The summed E-state index contributed by atoms with van der Waals surface area (Å²) in [5, 5.41) is 9.52. The van der Waals surface area contributed by atoms with Gasteiger partial charge in [0, 0.05) is 12.1 Å². The van der Waals surface area contributed by atoms with Crippen molar-refractivity contribution < 1.29 is 0 Å². The van der Waals surface area contributed by atoms with Crippen molar-refractivity contribution in [2.24, 2.45) is 11.8 Å². The van der Waals surface area contributed by atoms with E-state index in [4.69, 9.17) is 0 Å². The molecule has 3 fully saturated rings. The Kier molecular flexibility index (Phi) is 4.43. The standard InChI is InChI=1S/C17H28N2/c18-13-15-9-2-1-3-10-17(15)19-12-6-11-16(19)14-7-4-5-8-14/h14-17H,1-12H2. The molecule has 0 N–H and O–H groups in total. The third kappa shape index (κ3) is 2.82. The molecule has 0 aromatic heterocycles. The Balaban J connectivity index is 1.72. The molecule has 0 bridgehead atoms. The molecule has 1 saturated heterocycles. The van der Waals surface area contributed by atoms with Crippen molar-refractivity contribution in [2.45, 2.75) is 82.7 Å². The predicted molar refractivity (Wildman–Crippen MR) is 77.7 cm³/mol. The van der Waals surface area contributed by atoms with Gasteiger partial charge in [-0.05, 0) is 51.0 Å². The average Bonchev–Trinajstić information content (AvgIpc) is 3.05. The van der Waals surface area contributed by atoms with E-state index in [9.17, 15) is 5.26 Å². The van der Waals surface area contributed by atoms with Gasteiger partial charge in [0.2, 0.25) is 0 Å². The molecule has 2 heteroatoms. The van der Waals surface area contributed by atoms with Crippen LogP contribution in [0, 0.1) is 23.2 Å². The lowest BCUT2D eigenvalue weighted by molar-refractivity contribution is 0.105. The average molecular weight is 260 g/mol. The minimum Gasteiger partial charge on any atom is -0.296 e. The van der Waals surface area contributed by atoms with Crippen LogP contribution in [0.25, 0.3) is 0 Å². The van der Waals surface area contributed by atoms with Crippen LogP contribution in [0.2, 0.25) is 0 Å². The van der Waals surface area contributed by atoms with Crippen molar-refractivity contribution in [3.63, 3.8) is 0 Å². The van der Waals surface area contributed by atoms with Crippen molar-refractivity contribution >= 4 is 0 Å². The van der Waals surface area contributed by atoms with Crippen LogP contribution in [0.15, 0.2) is 0 Å². The summed E-state index contributed by atoms with van der Waals surface area (Å²) in [6.45, 7) is 1.27. The second-order valence-corrected chi connectivity index (χ2v) is 6.93. The lowest BCUT2D eigenvalue weighted by Gasteiger charge is -2.37. The van der Waals surface area contributed by atoms with Gasteiger partial charge in [-0.1, -0.05) is 32.1 Å². The van der Waals surface area contributed by atoms with Crippen LogP contribution >= 0.6 is 0 Å². The molecule has 2 saturated carbocycles. The summed E-state index contributed by atoms with van der Waals surface area (Å²) < 4.78 is 0. The van der Waals surface area contributed by atoms with E-state index in [1.54, 1.807) is 0 Å². The quantitative estimate of drug-likeness (QED) is 0.699. The molecule has 19 heavy (non-hydrogen) atoms. The molecule has 0 radical (unpaired) electrons. The van der Waals surface area contributed by atoms with Crippen LogP contribution in [0.1, 0.15) is 70.6 Å². The molecule has 2 nitrogen and oxygen atoms in total. The lowest BCUT2D eigenvalue weighted by Crippen LogP contribution is -2.45. The Hall–Kier alpha value is -0.550. The second kappa shape index (κ2) is 6.27.